The van der Waals surface area contributed by atoms with E-state index >= 15 is 0 Å². The molecule has 0 rings (SSSR count). The van der Waals surface area contributed by atoms with Crippen molar-refractivity contribution in [3.05, 3.63) is 12.2 Å². The molecule has 0 fully saturated rings. The molecule has 0 aliphatic heterocycles. The van der Waals surface area contributed by atoms with Gasteiger partial charge in [-0.15, -0.1) is 0 Å². The van der Waals surface area contributed by atoms with Crippen molar-refractivity contribution in [2.75, 3.05) is 6.61 Å². The van der Waals surface area contributed by atoms with Gasteiger partial charge in [0.05, 0.1) is 6.61 Å². The quantitative estimate of drug-likeness (QED) is 0.0356. The maximum Gasteiger partial charge on any atom is 0.305 e. The number of esters is 1. The van der Waals surface area contributed by atoms with Gasteiger partial charge in [-0.25, -0.2) is 0 Å². The summed E-state index contributed by atoms with van der Waals surface area (Å²) in [4.78, 5) is 12.0. The van der Waals surface area contributed by atoms with Gasteiger partial charge in [0.2, 0.25) is 0 Å². The molecule has 0 aliphatic rings. The van der Waals surface area contributed by atoms with Gasteiger partial charge in [0, 0.05) is 6.42 Å². The van der Waals surface area contributed by atoms with Crippen LogP contribution in [-0.4, -0.2) is 12.6 Å². The molecule has 2 nitrogen and oxygen atoms in total. The maximum absolute atomic E-state index is 12.0. The summed E-state index contributed by atoms with van der Waals surface area (Å²) >= 11 is 0. The first-order chi connectivity index (χ1) is 25.3. The van der Waals surface area contributed by atoms with Crippen molar-refractivity contribution in [2.45, 2.75) is 290 Å². The summed E-state index contributed by atoms with van der Waals surface area (Å²) in [5.74, 6) is 0.0255. The third-order valence-corrected chi connectivity index (χ3v) is 11.2. The highest BCUT2D eigenvalue weighted by molar-refractivity contribution is 5.69. The van der Waals surface area contributed by atoms with E-state index in [1.54, 1.807) is 0 Å². The lowest BCUT2D eigenvalue weighted by Crippen LogP contribution is -2.05. The number of hydrogen-bond donors (Lipinski definition) is 0. The fourth-order valence-corrected chi connectivity index (χ4v) is 7.55. The Bertz CT molecular complexity index is 655. The Morgan fingerprint density at radius 1 is 0.314 bits per heavy atom. The van der Waals surface area contributed by atoms with Crippen molar-refractivity contribution in [2.24, 2.45) is 0 Å². The second-order valence-electron chi connectivity index (χ2n) is 16.5. The number of unbranched alkanes of at least 4 members (excludes halogenated alkanes) is 39. The maximum atomic E-state index is 12.0. The van der Waals surface area contributed by atoms with E-state index in [4.69, 9.17) is 4.74 Å². The molecule has 0 aromatic carbocycles. The van der Waals surface area contributed by atoms with Crippen LogP contribution in [0.15, 0.2) is 12.2 Å². The molecule has 51 heavy (non-hydrogen) atoms. The van der Waals surface area contributed by atoms with E-state index in [0.717, 1.165) is 12.8 Å². The lowest BCUT2D eigenvalue weighted by atomic mass is 10.0. The molecule has 0 unspecified atom stereocenters. The Balaban J connectivity index is 3.16. The Morgan fingerprint density at radius 3 is 0.843 bits per heavy atom. The zero-order valence-electron chi connectivity index (χ0n) is 35.6. The SMILES string of the molecule is CCCCCCCCC=CCCCCCCCCCC(=O)OCCCCCCCCCCCCCCCCCCCCCCCCCCCCC. The summed E-state index contributed by atoms with van der Waals surface area (Å²) in [7, 11) is 0. The Labute approximate surface area is 323 Å². The second kappa shape index (κ2) is 47.2. The third-order valence-electron chi connectivity index (χ3n) is 11.2. The average Bonchev–Trinajstić information content (AvgIpc) is 3.14. The first-order valence-corrected chi connectivity index (χ1v) is 24.1. The van der Waals surface area contributed by atoms with Gasteiger partial charge in [0.25, 0.3) is 0 Å². The fourth-order valence-electron chi connectivity index (χ4n) is 7.55. The van der Waals surface area contributed by atoms with Crippen molar-refractivity contribution in [1.82, 2.24) is 0 Å². The molecule has 0 heterocycles. The molecule has 0 radical (unpaired) electrons. The Hall–Kier alpha value is -0.790. The lowest BCUT2D eigenvalue weighted by Gasteiger charge is -2.06. The molecular weight excluding hydrogens is 621 g/mol. The van der Waals surface area contributed by atoms with Crippen molar-refractivity contribution in [3.8, 4) is 0 Å². The van der Waals surface area contributed by atoms with Crippen LogP contribution in [0.2, 0.25) is 0 Å². The van der Waals surface area contributed by atoms with Crippen LogP contribution in [0.25, 0.3) is 0 Å². The number of rotatable bonds is 45. The van der Waals surface area contributed by atoms with Crippen LogP contribution in [0.4, 0.5) is 0 Å². The van der Waals surface area contributed by atoms with Crippen molar-refractivity contribution >= 4 is 5.97 Å². The van der Waals surface area contributed by atoms with Crippen molar-refractivity contribution < 1.29 is 9.53 Å². The van der Waals surface area contributed by atoms with E-state index in [1.807, 2.05) is 0 Å². The molecular formula is C49H96O2. The van der Waals surface area contributed by atoms with Crippen molar-refractivity contribution in [1.29, 1.82) is 0 Å². The van der Waals surface area contributed by atoms with E-state index in [2.05, 4.69) is 26.0 Å². The molecule has 0 aromatic rings. The highest BCUT2D eigenvalue weighted by Crippen LogP contribution is 2.17. The van der Waals surface area contributed by atoms with Crippen LogP contribution in [0.5, 0.6) is 0 Å². The fraction of sp³-hybridized carbons (Fsp3) is 0.939. The molecule has 0 bridgehead atoms. The number of ether oxygens (including phenoxy) is 1. The largest absolute Gasteiger partial charge is 0.466 e. The minimum Gasteiger partial charge on any atom is -0.466 e. The van der Waals surface area contributed by atoms with Gasteiger partial charge in [-0.3, -0.25) is 4.79 Å². The number of carbonyl (C=O) groups is 1. The van der Waals surface area contributed by atoms with Crippen molar-refractivity contribution in [3.63, 3.8) is 0 Å². The van der Waals surface area contributed by atoms with E-state index < -0.39 is 0 Å². The van der Waals surface area contributed by atoms with Crippen LogP contribution in [0.3, 0.4) is 0 Å². The average molecular weight is 717 g/mol. The van der Waals surface area contributed by atoms with Crippen LogP contribution in [0.1, 0.15) is 290 Å². The minimum atomic E-state index is 0.0255. The summed E-state index contributed by atoms with van der Waals surface area (Å²) in [6, 6.07) is 0. The van der Waals surface area contributed by atoms with Crippen LogP contribution < -0.4 is 0 Å². The van der Waals surface area contributed by atoms with Crippen LogP contribution >= 0.6 is 0 Å². The predicted molar refractivity (Wildman–Crippen MR) is 230 cm³/mol. The number of allylic oxidation sites excluding steroid dienone is 2. The monoisotopic (exact) mass is 717 g/mol. The smallest absolute Gasteiger partial charge is 0.305 e. The Morgan fingerprint density at radius 2 is 0.549 bits per heavy atom. The number of carbonyl (C=O) groups excluding carboxylic acids is 1. The van der Waals surface area contributed by atoms with Crippen LogP contribution in [0, 0.1) is 0 Å². The van der Waals surface area contributed by atoms with E-state index in [9.17, 15) is 4.79 Å². The van der Waals surface area contributed by atoms with Gasteiger partial charge in [0.15, 0.2) is 0 Å². The predicted octanol–water partition coefficient (Wildman–Crippen LogP) is 17.9. The molecule has 0 aliphatic carbocycles. The van der Waals surface area contributed by atoms with E-state index in [1.165, 1.54) is 257 Å². The summed E-state index contributed by atoms with van der Waals surface area (Å²) in [6.07, 6.45) is 63.4. The number of hydrogen-bond acceptors (Lipinski definition) is 2. The summed E-state index contributed by atoms with van der Waals surface area (Å²) < 4.78 is 5.48. The first kappa shape index (κ1) is 50.2. The van der Waals surface area contributed by atoms with Crippen LogP contribution in [-0.2, 0) is 9.53 Å². The summed E-state index contributed by atoms with van der Waals surface area (Å²) in [5.41, 5.74) is 0. The van der Waals surface area contributed by atoms with Gasteiger partial charge >= 0.3 is 5.97 Å². The molecule has 0 atom stereocenters. The van der Waals surface area contributed by atoms with Gasteiger partial charge in [0.1, 0.15) is 0 Å². The Kier molecular flexibility index (Phi) is 46.5. The van der Waals surface area contributed by atoms with Gasteiger partial charge in [-0.05, 0) is 38.5 Å². The molecule has 0 saturated heterocycles. The third kappa shape index (κ3) is 47.2. The standard InChI is InChI=1S/C49H96O2/c1-3-5-7-9-11-13-15-17-19-21-22-23-24-25-26-27-28-29-30-32-34-36-38-40-42-44-46-48-51-49(50)47-45-43-41-39-37-35-33-31-20-18-16-14-12-10-8-6-4-2/h18,20H,3-17,19,21-48H2,1-2H3. The van der Waals surface area contributed by atoms with Gasteiger partial charge in [-0.1, -0.05) is 257 Å². The molecule has 304 valence electrons. The molecule has 2 heteroatoms. The molecule has 0 amide bonds. The minimum absolute atomic E-state index is 0.0255. The zero-order chi connectivity index (χ0) is 36.8. The van der Waals surface area contributed by atoms with Gasteiger partial charge < -0.3 is 4.74 Å². The summed E-state index contributed by atoms with van der Waals surface area (Å²) in [6.45, 7) is 5.22. The normalized spacial score (nSPS) is 11.6. The lowest BCUT2D eigenvalue weighted by molar-refractivity contribution is -0.143. The van der Waals surface area contributed by atoms with Gasteiger partial charge in [-0.2, -0.15) is 0 Å². The van der Waals surface area contributed by atoms with E-state index in [-0.39, 0.29) is 5.97 Å². The molecule has 0 N–H and O–H groups in total. The zero-order valence-corrected chi connectivity index (χ0v) is 35.6. The highest BCUT2D eigenvalue weighted by Gasteiger charge is 2.03. The molecule has 0 aromatic heterocycles. The highest BCUT2D eigenvalue weighted by atomic mass is 16.5. The first-order valence-electron chi connectivity index (χ1n) is 24.1. The summed E-state index contributed by atoms with van der Waals surface area (Å²) in [5, 5.41) is 0. The molecule has 0 spiro atoms. The topological polar surface area (TPSA) is 26.3 Å². The second-order valence-corrected chi connectivity index (χ2v) is 16.5. The van der Waals surface area contributed by atoms with E-state index in [0.29, 0.717) is 13.0 Å². The molecule has 0 saturated carbocycles.